The predicted molar refractivity (Wildman–Crippen MR) is 102 cm³/mol. The molecule has 3 aromatic rings. The minimum atomic E-state index is -0.360. The van der Waals surface area contributed by atoms with Crippen LogP contribution < -0.4 is 5.32 Å². The number of nitrogens with one attached hydrogen (secondary N) is 1. The lowest BCUT2D eigenvalue weighted by Crippen LogP contribution is -2.27. The van der Waals surface area contributed by atoms with E-state index in [1.165, 1.54) is 23.8 Å². The van der Waals surface area contributed by atoms with Gasteiger partial charge in [0.1, 0.15) is 11.5 Å². The van der Waals surface area contributed by atoms with Crippen molar-refractivity contribution in [3.63, 3.8) is 0 Å². The molecule has 140 valence electrons. The first-order valence-electron chi connectivity index (χ1n) is 8.85. The number of carbonyl (C=O) groups is 1. The summed E-state index contributed by atoms with van der Waals surface area (Å²) < 4.78 is 18.4. The van der Waals surface area contributed by atoms with Crippen molar-refractivity contribution in [3.05, 3.63) is 77.8 Å². The van der Waals surface area contributed by atoms with Crippen molar-refractivity contribution in [2.75, 3.05) is 20.1 Å². The van der Waals surface area contributed by atoms with E-state index in [0.717, 1.165) is 19.5 Å². The Morgan fingerprint density at radius 2 is 1.96 bits per heavy atom. The van der Waals surface area contributed by atoms with Crippen LogP contribution in [0.2, 0.25) is 0 Å². The quantitative estimate of drug-likeness (QED) is 0.616. The van der Waals surface area contributed by atoms with Crippen LogP contribution in [0.15, 0.2) is 65.2 Å². The topological polar surface area (TPSA) is 58.4 Å². The number of hydrogen-bond donors (Lipinski definition) is 1. The maximum absolute atomic E-state index is 13.3. The van der Waals surface area contributed by atoms with E-state index in [9.17, 15) is 9.18 Å². The Hall–Kier alpha value is -2.99. The SMILES string of the molecule is CN(CCCNC(=O)c1cc(-c2cccc(F)c2)no1)Cc1ccccc1. The largest absolute Gasteiger partial charge is 0.350 e. The molecule has 1 amide bonds. The molecule has 0 saturated heterocycles. The van der Waals surface area contributed by atoms with Crippen molar-refractivity contribution in [2.24, 2.45) is 0 Å². The molecule has 0 saturated carbocycles. The van der Waals surface area contributed by atoms with Gasteiger partial charge in [0.2, 0.25) is 5.76 Å². The Labute approximate surface area is 157 Å². The van der Waals surface area contributed by atoms with Crippen LogP contribution in [0.3, 0.4) is 0 Å². The van der Waals surface area contributed by atoms with Crippen LogP contribution in [-0.2, 0) is 6.54 Å². The van der Waals surface area contributed by atoms with E-state index >= 15 is 0 Å². The molecule has 0 unspecified atom stereocenters. The van der Waals surface area contributed by atoms with Crippen molar-refractivity contribution in [1.29, 1.82) is 0 Å². The van der Waals surface area contributed by atoms with E-state index in [4.69, 9.17) is 4.52 Å². The second-order valence-electron chi connectivity index (χ2n) is 6.42. The normalized spacial score (nSPS) is 10.9. The molecule has 1 N–H and O–H groups in total. The average Bonchev–Trinajstić information content (AvgIpc) is 3.16. The maximum Gasteiger partial charge on any atom is 0.289 e. The number of hydrogen-bond acceptors (Lipinski definition) is 4. The number of benzene rings is 2. The molecule has 27 heavy (non-hydrogen) atoms. The molecular weight excluding hydrogens is 345 g/mol. The summed E-state index contributed by atoms with van der Waals surface area (Å²) in [6, 6.07) is 17.8. The fourth-order valence-corrected chi connectivity index (χ4v) is 2.78. The third-order valence-corrected chi connectivity index (χ3v) is 4.15. The lowest BCUT2D eigenvalue weighted by molar-refractivity contribution is 0.0915. The number of nitrogens with zero attached hydrogens (tertiary/aromatic N) is 2. The molecule has 0 fully saturated rings. The monoisotopic (exact) mass is 367 g/mol. The molecule has 6 heteroatoms. The molecule has 0 bridgehead atoms. The summed E-state index contributed by atoms with van der Waals surface area (Å²) in [5.41, 5.74) is 2.26. The van der Waals surface area contributed by atoms with Gasteiger partial charge < -0.3 is 14.7 Å². The number of amides is 1. The van der Waals surface area contributed by atoms with Crippen LogP contribution in [0.4, 0.5) is 4.39 Å². The molecule has 0 aliphatic rings. The highest BCUT2D eigenvalue weighted by Crippen LogP contribution is 2.19. The van der Waals surface area contributed by atoms with E-state index in [2.05, 4.69) is 34.6 Å². The van der Waals surface area contributed by atoms with E-state index in [1.54, 1.807) is 12.1 Å². The Morgan fingerprint density at radius 1 is 1.15 bits per heavy atom. The fraction of sp³-hybridized carbons (Fsp3) is 0.238. The van der Waals surface area contributed by atoms with Gasteiger partial charge in [0.25, 0.3) is 5.91 Å². The molecule has 0 spiro atoms. The van der Waals surface area contributed by atoms with E-state index < -0.39 is 0 Å². The molecule has 1 heterocycles. The second-order valence-corrected chi connectivity index (χ2v) is 6.42. The van der Waals surface area contributed by atoms with Gasteiger partial charge in [-0.05, 0) is 37.7 Å². The Balaban J connectivity index is 1.43. The molecule has 5 nitrogen and oxygen atoms in total. The Bertz CT molecular complexity index is 880. The molecule has 3 rings (SSSR count). The Kier molecular flexibility index (Phi) is 6.33. The zero-order chi connectivity index (χ0) is 19.1. The predicted octanol–water partition coefficient (Wildman–Crippen LogP) is 3.73. The van der Waals surface area contributed by atoms with Gasteiger partial charge in [-0.3, -0.25) is 4.79 Å². The van der Waals surface area contributed by atoms with E-state index in [0.29, 0.717) is 17.8 Å². The van der Waals surface area contributed by atoms with Crippen molar-refractivity contribution >= 4 is 5.91 Å². The average molecular weight is 367 g/mol. The van der Waals surface area contributed by atoms with Gasteiger partial charge >= 0.3 is 0 Å². The van der Waals surface area contributed by atoms with Crippen LogP contribution in [0.1, 0.15) is 22.5 Å². The maximum atomic E-state index is 13.3. The highest BCUT2D eigenvalue weighted by molar-refractivity contribution is 5.92. The first kappa shape index (κ1) is 18.8. The van der Waals surface area contributed by atoms with Crippen LogP contribution in [0.25, 0.3) is 11.3 Å². The van der Waals surface area contributed by atoms with Gasteiger partial charge in [0.05, 0.1) is 0 Å². The third-order valence-electron chi connectivity index (χ3n) is 4.15. The first-order chi connectivity index (χ1) is 13.1. The lowest BCUT2D eigenvalue weighted by Gasteiger charge is -2.16. The molecular formula is C21H22FN3O2. The molecule has 0 aliphatic heterocycles. The van der Waals surface area contributed by atoms with Crippen molar-refractivity contribution in [3.8, 4) is 11.3 Å². The van der Waals surface area contributed by atoms with E-state index in [-0.39, 0.29) is 17.5 Å². The standard InChI is InChI=1S/C21H22FN3O2/c1-25(15-16-7-3-2-4-8-16)12-6-11-23-21(26)20-14-19(24-27-20)17-9-5-10-18(22)13-17/h2-5,7-10,13-14H,6,11-12,15H2,1H3,(H,23,26). The fourth-order valence-electron chi connectivity index (χ4n) is 2.78. The minimum absolute atomic E-state index is 0.118. The summed E-state index contributed by atoms with van der Waals surface area (Å²) in [7, 11) is 2.05. The summed E-state index contributed by atoms with van der Waals surface area (Å²) >= 11 is 0. The number of halogens is 1. The van der Waals surface area contributed by atoms with Crippen molar-refractivity contribution < 1.29 is 13.7 Å². The zero-order valence-electron chi connectivity index (χ0n) is 15.2. The number of carbonyl (C=O) groups excluding carboxylic acids is 1. The summed E-state index contributed by atoms with van der Waals surface area (Å²) in [6.45, 7) is 2.27. The summed E-state index contributed by atoms with van der Waals surface area (Å²) in [5.74, 6) is -0.566. The van der Waals surface area contributed by atoms with Gasteiger partial charge in [-0.1, -0.05) is 47.6 Å². The van der Waals surface area contributed by atoms with Gasteiger partial charge in [0, 0.05) is 24.7 Å². The van der Waals surface area contributed by atoms with E-state index in [1.807, 2.05) is 18.2 Å². The lowest BCUT2D eigenvalue weighted by atomic mass is 10.1. The summed E-state index contributed by atoms with van der Waals surface area (Å²) in [5, 5.41) is 6.66. The first-order valence-corrected chi connectivity index (χ1v) is 8.85. The minimum Gasteiger partial charge on any atom is -0.350 e. The highest BCUT2D eigenvalue weighted by Gasteiger charge is 2.14. The zero-order valence-corrected chi connectivity index (χ0v) is 15.2. The van der Waals surface area contributed by atoms with Crippen molar-refractivity contribution in [2.45, 2.75) is 13.0 Å². The van der Waals surface area contributed by atoms with Crippen LogP contribution in [0.5, 0.6) is 0 Å². The van der Waals surface area contributed by atoms with Crippen LogP contribution >= 0.6 is 0 Å². The molecule has 0 atom stereocenters. The van der Waals surface area contributed by atoms with Gasteiger partial charge in [0.15, 0.2) is 0 Å². The highest BCUT2D eigenvalue weighted by atomic mass is 19.1. The summed E-state index contributed by atoms with van der Waals surface area (Å²) in [6.07, 6.45) is 0.819. The molecule has 0 radical (unpaired) electrons. The van der Waals surface area contributed by atoms with Gasteiger partial charge in [-0.25, -0.2) is 4.39 Å². The third kappa shape index (κ3) is 5.49. The second kappa shape index (κ2) is 9.09. The summed E-state index contributed by atoms with van der Waals surface area (Å²) in [4.78, 5) is 14.4. The molecule has 1 aromatic heterocycles. The number of aromatic nitrogens is 1. The van der Waals surface area contributed by atoms with Crippen molar-refractivity contribution in [1.82, 2.24) is 15.4 Å². The molecule has 2 aromatic carbocycles. The smallest absolute Gasteiger partial charge is 0.289 e. The van der Waals surface area contributed by atoms with Gasteiger partial charge in [-0.15, -0.1) is 0 Å². The van der Waals surface area contributed by atoms with Crippen LogP contribution in [0, 0.1) is 5.82 Å². The van der Waals surface area contributed by atoms with Crippen LogP contribution in [-0.4, -0.2) is 36.1 Å². The molecule has 0 aliphatic carbocycles. The van der Waals surface area contributed by atoms with Gasteiger partial charge in [-0.2, -0.15) is 0 Å². The number of rotatable bonds is 8. The Morgan fingerprint density at radius 3 is 2.74 bits per heavy atom.